The maximum atomic E-state index is 13.4. The predicted octanol–water partition coefficient (Wildman–Crippen LogP) is 4.11. The van der Waals surface area contributed by atoms with Crippen molar-refractivity contribution in [2.45, 2.75) is 81.7 Å². The Morgan fingerprint density at radius 2 is 1.53 bits per heavy atom. The smallest absolute Gasteiger partial charge is 0.256 e. The summed E-state index contributed by atoms with van der Waals surface area (Å²) in [6.07, 6.45) is 13.3. The molecular weight excluding hydrogens is 454 g/mol. The lowest BCUT2D eigenvalue weighted by atomic mass is 9.74. The summed E-state index contributed by atoms with van der Waals surface area (Å²) in [4.78, 5) is 40.0. The number of carbonyl (C=O) groups excluding carboxylic acids is 2. The molecule has 192 valence electrons. The number of carbonyl (C=O) groups is 2. The van der Waals surface area contributed by atoms with Crippen molar-refractivity contribution < 1.29 is 14.3 Å². The molecule has 2 amide bonds. The molecule has 1 aromatic heterocycles. The lowest BCUT2D eigenvalue weighted by Gasteiger charge is -2.38. The third-order valence-electron chi connectivity index (χ3n) is 8.12. The second-order valence-corrected chi connectivity index (χ2v) is 10.7. The number of hydrogen-bond acceptors (Lipinski definition) is 4. The number of benzene rings is 1. The monoisotopic (exact) mass is 491 g/mol. The van der Waals surface area contributed by atoms with Crippen molar-refractivity contribution in [1.29, 1.82) is 0 Å². The molecule has 2 saturated carbocycles. The van der Waals surface area contributed by atoms with Crippen LogP contribution in [0.4, 0.5) is 0 Å². The van der Waals surface area contributed by atoms with E-state index in [-0.39, 0.29) is 34.5 Å². The van der Waals surface area contributed by atoms with Crippen molar-refractivity contribution in [2.75, 3.05) is 19.8 Å². The number of nitrogens with one attached hydrogen (secondary N) is 2. The maximum Gasteiger partial charge on any atom is 0.256 e. The van der Waals surface area contributed by atoms with Crippen molar-refractivity contribution in [2.24, 2.45) is 0 Å². The number of nitrogens with zero attached hydrogens (tertiary/aromatic N) is 1. The highest BCUT2D eigenvalue weighted by molar-refractivity contribution is 5.99. The van der Waals surface area contributed by atoms with Crippen LogP contribution in [0.5, 0.6) is 0 Å². The average molecular weight is 492 g/mol. The third-order valence-corrected chi connectivity index (χ3v) is 8.12. The van der Waals surface area contributed by atoms with Gasteiger partial charge in [0, 0.05) is 49.7 Å². The summed E-state index contributed by atoms with van der Waals surface area (Å²) in [7, 11) is 0. The SMILES string of the molecule is O=C(NCC1(c2ccccc2)CCOCC1)c1cn(C2CC2)cc(C(=O)NC2CCCCCC2)c1=O. The molecule has 1 aromatic carbocycles. The summed E-state index contributed by atoms with van der Waals surface area (Å²) in [5, 5.41) is 6.13. The fourth-order valence-electron chi connectivity index (χ4n) is 5.66. The molecule has 7 nitrogen and oxygen atoms in total. The Bertz CT molecular complexity index is 1120. The molecule has 0 unspecified atom stereocenters. The first-order valence-corrected chi connectivity index (χ1v) is 13.5. The molecule has 3 aliphatic rings. The molecule has 7 heteroatoms. The number of ether oxygens (including phenoxy) is 1. The van der Waals surface area contributed by atoms with Gasteiger partial charge in [-0.2, -0.15) is 0 Å². The summed E-state index contributed by atoms with van der Waals surface area (Å²) >= 11 is 0. The van der Waals surface area contributed by atoms with Crippen molar-refractivity contribution in [3.8, 4) is 0 Å². The topological polar surface area (TPSA) is 89.4 Å². The van der Waals surface area contributed by atoms with E-state index in [9.17, 15) is 14.4 Å². The minimum Gasteiger partial charge on any atom is -0.381 e. The first kappa shape index (κ1) is 24.8. The first-order chi connectivity index (χ1) is 17.6. The molecular formula is C29H37N3O4. The molecule has 2 heterocycles. The van der Waals surface area contributed by atoms with E-state index in [1.165, 1.54) is 18.4 Å². The molecule has 0 spiro atoms. The van der Waals surface area contributed by atoms with Crippen LogP contribution in [0.3, 0.4) is 0 Å². The molecule has 5 rings (SSSR count). The van der Waals surface area contributed by atoms with Crippen molar-refractivity contribution in [1.82, 2.24) is 15.2 Å². The molecule has 3 fully saturated rings. The van der Waals surface area contributed by atoms with Crippen LogP contribution in [0.15, 0.2) is 47.5 Å². The Morgan fingerprint density at radius 3 is 2.17 bits per heavy atom. The number of rotatable bonds is 7. The highest BCUT2D eigenvalue weighted by atomic mass is 16.5. The highest BCUT2D eigenvalue weighted by Gasteiger charge is 2.35. The van der Waals surface area contributed by atoms with E-state index in [1.807, 2.05) is 22.8 Å². The van der Waals surface area contributed by atoms with Gasteiger partial charge >= 0.3 is 0 Å². The van der Waals surface area contributed by atoms with E-state index < -0.39 is 11.3 Å². The van der Waals surface area contributed by atoms with Crippen molar-refractivity contribution in [3.63, 3.8) is 0 Å². The lowest BCUT2D eigenvalue weighted by Crippen LogP contribution is -2.46. The van der Waals surface area contributed by atoms with Gasteiger partial charge in [0.25, 0.3) is 11.8 Å². The molecule has 0 radical (unpaired) electrons. The fourth-order valence-corrected chi connectivity index (χ4v) is 5.66. The van der Waals surface area contributed by atoms with Crippen LogP contribution in [0, 0.1) is 0 Å². The minimum absolute atomic E-state index is 0.0469. The first-order valence-electron chi connectivity index (χ1n) is 13.5. The number of hydrogen-bond donors (Lipinski definition) is 2. The van der Waals surface area contributed by atoms with Gasteiger partial charge in [-0.3, -0.25) is 14.4 Å². The second kappa shape index (κ2) is 11.0. The molecule has 2 aromatic rings. The Labute approximate surface area is 212 Å². The number of amides is 2. The third kappa shape index (κ3) is 5.56. The number of aromatic nitrogens is 1. The van der Waals surface area contributed by atoms with E-state index in [4.69, 9.17) is 4.74 Å². The molecule has 1 aliphatic heterocycles. The van der Waals surface area contributed by atoms with E-state index in [1.54, 1.807) is 12.4 Å². The zero-order chi connectivity index (χ0) is 25.0. The van der Waals surface area contributed by atoms with E-state index in [0.717, 1.165) is 51.4 Å². The van der Waals surface area contributed by atoms with E-state index in [0.29, 0.717) is 19.8 Å². The molecule has 0 atom stereocenters. The van der Waals surface area contributed by atoms with E-state index in [2.05, 4.69) is 22.8 Å². The standard InChI is InChI=1S/C29H37N3O4/c33-26-24(27(34)30-20-29(14-16-36-17-15-29)21-8-4-3-5-9-21)18-32(23-12-13-23)19-25(26)28(35)31-22-10-6-1-2-7-11-22/h3-5,8-9,18-19,22-23H,1-2,6-7,10-17,20H2,(H,30,34)(H,31,35). The van der Waals surface area contributed by atoms with Gasteiger partial charge in [0.15, 0.2) is 0 Å². The lowest BCUT2D eigenvalue weighted by molar-refractivity contribution is 0.0487. The minimum atomic E-state index is -0.490. The highest BCUT2D eigenvalue weighted by Crippen LogP contribution is 2.35. The van der Waals surface area contributed by atoms with Crippen LogP contribution in [0.1, 0.15) is 96.5 Å². The van der Waals surface area contributed by atoms with Gasteiger partial charge in [-0.25, -0.2) is 0 Å². The van der Waals surface area contributed by atoms with Gasteiger partial charge in [-0.1, -0.05) is 56.0 Å². The van der Waals surface area contributed by atoms with Crippen LogP contribution in [-0.2, 0) is 10.2 Å². The Morgan fingerprint density at radius 1 is 0.889 bits per heavy atom. The fraction of sp³-hybridized carbons (Fsp3) is 0.552. The zero-order valence-corrected chi connectivity index (χ0v) is 21.0. The quantitative estimate of drug-likeness (QED) is 0.571. The predicted molar refractivity (Wildman–Crippen MR) is 138 cm³/mol. The van der Waals surface area contributed by atoms with Gasteiger partial charge in [0.2, 0.25) is 5.43 Å². The molecule has 2 aliphatic carbocycles. The van der Waals surface area contributed by atoms with Gasteiger partial charge in [0.1, 0.15) is 11.1 Å². The Hall–Kier alpha value is -2.93. The normalized spacial score (nSPS) is 20.3. The van der Waals surface area contributed by atoms with Gasteiger partial charge in [0.05, 0.1) is 0 Å². The zero-order valence-electron chi connectivity index (χ0n) is 21.0. The molecule has 1 saturated heterocycles. The van der Waals surface area contributed by atoms with Crippen LogP contribution in [0.25, 0.3) is 0 Å². The van der Waals surface area contributed by atoms with E-state index >= 15 is 0 Å². The molecule has 36 heavy (non-hydrogen) atoms. The largest absolute Gasteiger partial charge is 0.381 e. The number of pyridine rings is 1. The van der Waals surface area contributed by atoms with Crippen LogP contribution >= 0.6 is 0 Å². The van der Waals surface area contributed by atoms with Gasteiger partial charge in [-0.15, -0.1) is 0 Å². The second-order valence-electron chi connectivity index (χ2n) is 10.7. The molecule has 2 N–H and O–H groups in total. The summed E-state index contributed by atoms with van der Waals surface area (Å²) < 4.78 is 7.50. The summed E-state index contributed by atoms with van der Waals surface area (Å²) in [6.45, 7) is 1.69. The Balaban J connectivity index is 1.37. The van der Waals surface area contributed by atoms with Gasteiger partial charge < -0.3 is 19.9 Å². The summed E-state index contributed by atoms with van der Waals surface area (Å²) in [5.74, 6) is -0.776. The molecule has 0 bridgehead atoms. The average Bonchev–Trinajstić information content (AvgIpc) is 3.77. The summed E-state index contributed by atoms with van der Waals surface area (Å²) in [5.41, 5.74) is 0.559. The van der Waals surface area contributed by atoms with Crippen LogP contribution in [0.2, 0.25) is 0 Å². The maximum absolute atomic E-state index is 13.4. The van der Waals surface area contributed by atoms with Crippen LogP contribution < -0.4 is 16.1 Å². The Kier molecular flexibility index (Phi) is 7.56. The van der Waals surface area contributed by atoms with Gasteiger partial charge in [-0.05, 0) is 44.1 Å². The van der Waals surface area contributed by atoms with Crippen molar-refractivity contribution in [3.05, 3.63) is 69.6 Å². The van der Waals surface area contributed by atoms with Crippen LogP contribution in [-0.4, -0.2) is 42.2 Å². The summed E-state index contributed by atoms with van der Waals surface area (Å²) in [6, 6.07) is 10.5. The van der Waals surface area contributed by atoms with Crippen molar-refractivity contribution >= 4 is 11.8 Å².